The number of rotatable bonds is 6. The summed E-state index contributed by atoms with van der Waals surface area (Å²) in [5.41, 5.74) is 1.21. The topological polar surface area (TPSA) is 55.4 Å². The first kappa shape index (κ1) is 13.4. The maximum atomic E-state index is 11.3. The highest BCUT2D eigenvalue weighted by atomic mass is 32.2. The minimum Gasteiger partial charge on any atom is -0.493 e. The van der Waals surface area contributed by atoms with Gasteiger partial charge in [-0.15, -0.1) is 0 Å². The first-order chi connectivity index (χ1) is 8.62. The molecule has 1 aliphatic heterocycles. The van der Waals surface area contributed by atoms with Gasteiger partial charge in [-0.2, -0.15) is 0 Å². The second-order valence-corrected chi connectivity index (χ2v) is 6.96. The van der Waals surface area contributed by atoms with Crippen molar-refractivity contribution in [3.8, 4) is 5.75 Å². The van der Waals surface area contributed by atoms with Crippen LogP contribution in [0.1, 0.15) is 18.4 Å². The number of hydrogen-bond acceptors (Lipinski definition) is 4. The van der Waals surface area contributed by atoms with Crippen molar-refractivity contribution in [1.29, 1.82) is 0 Å². The zero-order valence-corrected chi connectivity index (χ0v) is 11.4. The normalized spacial score (nSPS) is 18.4. The van der Waals surface area contributed by atoms with Crippen molar-refractivity contribution in [2.45, 2.75) is 12.8 Å². The molecule has 0 spiro atoms. The van der Waals surface area contributed by atoms with Gasteiger partial charge in [0.15, 0.2) is 9.84 Å². The van der Waals surface area contributed by atoms with Crippen LogP contribution in [0.4, 0.5) is 0 Å². The minimum atomic E-state index is -2.87. The van der Waals surface area contributed by atoms with Gasteiger partial charge in [0, 0.05) is 30.3 Å². The van der Waals surface area contributed by atoms with Crippen molar-refractivity contribution in [3.63, 3.8) is 0 Å². The van der Waals surface area contributed by atoms with Gasteiger partial charge in [0.1, 0.15) is 5.75 Å². The van der Waals surface area contributed by atoms with E-state index in [2.05, 4.69) is 11.4 Å². The van der Waals surface area contributed by atoms with Gasteiger partial charge >= 0.3 is 0 Å². The summed E-state index contributed by atoms with van der Waals surface area (Å²) in [5.74, 6) is 1.69. The monoisotopic (exact) mass is 269 g/mol. The molecule has 4 nitrogen and oxygen atoms in total. The van der Waals surface area contributed by atoms with E-state index in [1.165, 1.54) is 5.56 Å². The fourth-order valence-electron chi connectivity index (χ4n) is 2.05. The summed E-state index contributed by atoms with van der Waals surface area (Å²) in [5, 5.41) is 3.20. The summed E-state index contributed by atoms with van der Waals surface area (Å²) in [6.45, 7) is 3.62. The molecule has 1 heterocycles. The molecular formula is C13H19NO3S. The van der Waals surface area contributed by atoms with Crippen LogP contribution in [0.25, 0.3) is 0 Å². The van der Waals surface area contributed by atoms with E-state index < -0.39 is 9.84 Å². The molecule has 100 valence electrons. The van der Waals surface area contributed by atoms with Crippen molar-refractivity contribution in [3.05, 3.63) is 29.8 Å². The predicted octanol–water partition coefficient (Wildman–Crippen LogP) is 1.19. The Hall–Kier alpha value is -1.07. The summed E-state index contributed by atoms with van der Waals surface area (Å²) in [6, 6.07) is 8.00. The highest BCUT2D eigenvalue weighted by molar-refractivity contribution is 7.91. The Morgan fingerprint density at radius 1 is 1.39 bits per heavy atom. The smallest absolute Gasteiger partial charge is 0.151 e. The van der Waals surface area contributed by atoms with Crippen LogP contribution in [-0.2, 0) is 9.84 Å². The van der Waals surface area contributed by atoms with Gasteiger partial charge in [0.2, 0.25) is 0 Å². The number of para-hydroxylation sites is 1. The fourth-order valence-corrected chi connectivity index (χ4v) is 2.79. The fraction of sp³-hybridized carbons (Fsp3) is 0.538. The summed E-state index contributed by atoms with van der Waals surface area (Å²) in [7, 11) is -2.87. The van der Waals surface area contributed by atoms with Gasteiger partial charge in [-0.05, 0) is 6.07 Å². The van der Waals surface area contributed by atoms with Gasteiger partial charge < -0.3 is 10.1 Å². The van der Waals surface area contributed by atoms with E-state index in [1.807, 2.05) is 18.2 Å². The number of nitrogens with one attached hydrogen (secondary N) is 1. The Labute approximate surface area is 108 Å². The molecule has 0 aromatic heterocycles. The van der Waals surface area contributed by atoms with Gasteiger partial charge in [-0.1, -0.05) is 25.1 Å². The van der Waals surface area contributed by atoms with Crippen molar-refractivity contribution in [1.82, 2.24) is 5.32 Å². The lowest BCUT2D eigenvalue weighted by molar-refractivity contribution is 0.327. The van der Waals surface area contributed by atoms with E-state index in [1.54, 1.807) is 6.92 Å². The van der Waals surface area contributed by atoms with Crippen LogP contribution in [-0.4, -0.2) is 39.6 Å². The molecule has 1 N–H and O–H groups in total. The Morgan fingerprint density at radius 2 is 2.17 bits per heavy atom. The molecule has 0 saturated carbocycles. The summed E-state index contributed by atoms with van der Waals surface area (Å²) < 4.78 is 28.2. The highest BCUT2D eigenvalue weighted by Crippen LogP contribution is 2.32. The van der Waals surface area contributed by atoms with Crippen molar-refractivity contribution >= 4 is 9.84 Å². The van der Waals surface area contributed by atoms with Crippen molar-refractivity contribution in [2.75, 3.05) is 31.2 Å². The molecule has 0 bridgehead atoms. The van der Waals surface area contributed by atoms with Crippen LogP contribution >= 0.6 is 0 Å². The van der Waals surface area contributed by atoms with Crippen LogP contribution in [0.3, 0.4) is 0 Å². The first-order valence-electron chi connectivity index (χ1n) is 6.25. The number of sulfone groups is 1. The summed E-state index contributed by atoms with van der Waals surface area (Å²) in [4.78, 5) is 0. The van der Waals surface area contributed by atoms with Gasteiger partial charge in [-0.25, -0.2) is 8.42 Å². The zero-order chi connectivity index (χ0) is 13.0. The van der Waals surface area contributed by atoms with E-state index >= 15 is 0 Å². The van der Waals surface area contributed by atoms with Crippen molar-refractivity contribution in [2.24, 2.45) is 0 Å². The maximum absolute atomic E-state index is 11.3. The molecule has 1 unspecified atom stereocenters. The lowest BCUT2D eigenvalue weighted by Gasteiger charge is -2.10. The van der Waals surface area contributed by atoms with E-state index in [4.69, 9.17) is 4.74 Å². The number of fused-ring (bicyclic) bond motifs is 1. The molecule has 1 atom stereocenters. The Bertz CT molecular complexity index is 499. The van der Waals surface area contributed by atoms with Gasteiger partial charge in [-0.3, -0.25) is 0 Å². The largest absolute Gasteiger partial charge is 0.493 e. The third-order valence-electron chi connectivity index (χ3n) is 3.22. The van der Waals surface area contributed by atoms with Crippen LogP contribution in [0.15, 0.2) is 24.3 Å². The lowest BCUT2D eigenvalue weighted by atomic mass is 10.0. The molecule has 0 aliphatic carbocycles. The molecule has 1 aromatic rings. The van der Waals surface area contributed by atoms with Gasteiger partial charge in [0.05, 0.1) is 12.4 Å². The second kappa shape index (κ2) is 5.71. The van der Waals surface area contributed by atoms with Crippen LogP contribution in [0.5, 0.6) is 5.75 Å². The van der Waals surface area contributed by atoms with Crippen LogP contribution in [0, 0.1) is 0 Å². The standard InChI is InChI=1S/C13H19NO3S/c1-2-18(15,16)8-7-14-9-11-10-17-13-6-4-3-5-12(11)13/h3-6,11,14H,2,7-10H2,1H3. The molecule has 1 aliphatic rings. The Balaban J connectivity index is 1.79. The Kier molecular flexibility index (Phi) is 4.24. The third kappa shape index (κ3) is 3.23. The lowest BCUT2D eigenvalue weighted by Crippen LogP contribution is -2.28. The first-order valence-corrected chi connectivity index (χ1v) is 8.07. The minimum absolute atomic E-state index is 0.207. The second-order valence-electron chi connectivity index (χ2n) is 4.49. The Morgan fingerprint density at radius 3 is 2.94 bits per heavy atom. The molecule has 0 fully saturated rings. The van der Waals surface area contributed by atoms with Crippen molar-refractivity contribution < 1.29 is 13.2 Å². The number of hydrogen-bond donors (Lipinski definition) is 1. The quantitative estimate of drug-likeness (QED) is 0.788. The maximum Gasteiger partial charge on any atom is 0.151 e. The highest BCUT2D eigenvalue weighted by Gasteiger charge is 2.22. The van der Waals surface area contributed by atoms with E-state index in [0.29, 0.717) is 19.1 Å². The van der Waals surface area contributed by atoms with E-state index in [0.717, 1.165) is 12.3 Å². The molecule has 5 heteroatoms. The van der Waals surface area contributed by atoms with Gasteiger partial charge in [0.25, 0.3) is 0 Å². The molecule has 0 radical (unpaired) electrons. The zero-order valence-electron chi connectivity index (χ0n) is 10.6. The average Bonchev–Trinajstić information content (AvgIpc) is 2.78. The predicted molar refractivity (Wildman–Crippen MR) is 71.9 cm³/mol. The number of ether oxygens (including phenoxy) is 1. The van der Waals surface area contributed by atoms with E-state index in [-0.39, 0.29) is 11.5 Å². The van der Waals surface area contributed by atoms with Crippen LogP contribution < -0.4 is 10.1 Å². The molecule has 1 aromatic carbocycles. The average molecular weight is 269 g/mol. The molecule has 0 saturated heterocycles. The molecular weight excluding hydrogens is 250 g/mol. The van der Waals surface area contributed by atoms with E-state index in [9.17, 15) is 8.42 Å². The molecule has 0 amide bonds. The van der Waals surface area contributed by atoms with Crippen LogP contribution in [0.2, 0.25) is 0 Å². The number of benzene rings is 1. The summed E-state index contributed by atoms with van der Waals surface area (Å²) >= 11 is 0. The molecule has 2 rings (SSSR count). The SMILES string of the molecule is CCS(=O)(=O)CCNCC1COc2ccccc21. The summed E-state index contributed by atoms with van der Waals surface area (Å²) in [6.07, 6.45) is 0. The molecule has 18 heavy (non-hydrogen) atoms. The third-order valence-corrected chi connectivity index (χ3v) is 4.93.